The van der Waals surface area contributed by atoms with Crippen LogP contribution in [0.15, 0.2) is 42.6 Å². The van der Waals surface area contributed by atoms with Crippen LogP contribution in [0.25, 0.3) is 22.2 Å². The second kappa shape index (κ2) is 4.90. The minimum atomic E-state index is 0.617. The molecule has 0 radical (unpaired) electrons. The number of rotatable bonds is 2. The van der Waals surface area contributed by atoms with Crippen LogP contribution in [0.3, 0.4) is 0 Å². The van der Waals surface area contributed by atoms with Gasteiger partial charge in [0.05, 0.1) is 11.2 Å². The van der Waals surface area contributed by atoms with E-state index in [0.29, 0.717) is 4.64 Å². The summed E-state index contributed by atoms with van der Waals surface area (Å²) in [6.45, 7) is 2.06. The summed E-state index contributed by atoms with van der Waals surface area (Å²) < 4.78 is 0.617. The fourth-order valence-electron chi connectivity index (χ4n) is 2.16. The van der Waals surface area contributed by atoms with Gasteiger partial charge in [-0.15, -0.1) is 0 Å². The maximum absolute atomic E-state index is 5.23. The number of nitrogens with one attached hydrogen (secondary N) is 1. The second-order valence-electron chi connectivity index (χ2n) is 4.31. The molecule has 1 N–H and O–H groups in total. The zero-order valence-electron chi connectivity index (χ0n) is 10.6. The average molecular weight is 267 g/mol. The van der Waals surface area contributed by atoms with Crippen LogP contribution in [0.4, 0.5) is 0 Å². The normalized spacial score (nSPS) is 10.8. The number of fused-ring (bicyclic) bond motifs is 1. The highest BCUT2D eigenvalue weighted by molar-refractivity contribution is 7.71. The minimum absolute atomic E-state index is 0.617. The third kappa shape index (κ3) is 2.27. The summed E-state index contributed by atoms with van der Waals surface area (Å²) in [4.78, 5) is 12.0. The molecule has 19 heavy (non-hydrogen) atoms. The van der Waals surface area contributed by atoms with Gasteiger partial charge in [-0.1, -0.05) is 37.3 Å². The van der Waals surface area contributed by atoms with Crippen LogP contribution in [0.5, 0.6) is 0 Å². The molecular formula is C15H13N3S. The molecule has 0 spiro atoms. The predicted octanol–water partition coefficient (Wildman–Crippen LogP) is 3.92. The van der Waals surface area contributed by atoms with E-state index in [2.05, 4.69) is 34.0 Å². The first kappa shape index (κ1) is 12.0. The Morgan fingerprint density at radius 2 is 2.11 bits per heavy atom. The standard InChI is InChI=1S/C15H13N3S/c1-2-14-17-13(9-15(19)18-14)11-5-3-7-12-10(11)6-4-8-16-12/h3-9H,2H2,1H3,(H,17,18,19). The number of benzene rings is 1. The number of aryl methyl sites for hydroxylation is 1. The van der Waals surface area contributed by atoms with Crippen molar-refractivity contribution in [1.82, 2.24) is 15.0 Å². The first-order chi connectivity index (χ1) is 9.28. The van der Waals surface area contributed by atoms with Gasteiger partial charge in [-0.2, -0.15) is 0 Å². The summed E-state index contributed by atoms with van der Waals surface area (Å²) in [5.41, 5.74) is 3.08. The Hall–Kier alpha value is -2.07. The quantitative estimate of drug-likeness (QED) is 0.716. The fraction of sp³-hybridized carbons (Fsp3) is 0.133. The molecule has 0 amide bonds. The maximum Gasteiger partial charge on any atom is 0.130 e. The lowest BCUT2D eigenvalue weighted by molar-refractivity contribution is 0.937. The molecule has 0 bridgehead atoms. The first-order valence-corrected chi connectivity index (χ1v) is 6.63. The van der Waals surface area contributed by atoms with Gasteiger partial charge in [0.2, 0.25) is 0 Å². The van der Waals surface area contributed by atoms with Crippen LogP contribution in [0, 0.1) is 4.64 Å². The molecule has 0 aliphatic heterocycles. The molecule has 0 saturated heterocycles. The lowest BCUT2D eigenvalue weighted by Crippen LogP contribution is -1.96. The van der Waals surface area contributed by atoms with Crippen LogP contribution in [0.2, 0.25) is 0 Å². The molecule has 3 rings (SSSR count). The SMILES string of the molecule is CCc1nc(=S)cc(-c2cccc3ncccc23)[nH]1. The highest BCUT2D eigenvalue weighted by Gasteiger charge is 2.05. The van der Waals surface area contributed by atoms with Gasteiger partial charge in [0, 0.05) is 23.6 Å². The van der Waals surface area contributed by atoms with E-state index in [9.17, 15) is 0 Å². The lowest BCUT2D eigenvalue weighted by Gasteiger charge is -2.07. The Labute approximate surface area is 116 Å². The Morgan fingerprint density at radius 3 is 2.95 bits per heavy atom. The van der Waals surface area contributed by atoms with Crippen LogP contribution in [-0.2, 0) is 6.42 Å². The monoisotopic (exact) mass is 267 g/mol. The van der Waals surface area contributed by atoms with Gasteiger partial charge < -0.3 is 4.98 Å². The van der Waals surface area contributed by atoms with Crippen LogP contribution < -0.4 is 0 Å². The topological polar surface area (TPSA) is 41.6 Å². The smallest absolute Gasteiger partial charge is 0.130 e. The summed E-state index contributed by atoms with van der Waals surface area (Å²) in [6, 6.07) is 12.0. The van der Waals surface area contributed by atoms with Gasteiger partial charge in [-0.3, -0.25) is 4.98 Å². The first-order valence-electron chi connectivity index (χ1n) is 6.22. The fourth-order valence-corrected chi connectivity index (χ4v) is 2.39. The highest BCUT2D eigenvalue weighted by atomic mass is 32.1. The Morgan fingerprint density at radius 1 is 1.21 bits per heavy atom. The molecule has 0 aliphatic rings. The van der Waals surface area contributed by atoms with E-state index < -0.39 is 0 Å². The van der Waals surface area contributed by atoms with Crippen molar-refractivity contribution in [2.24, 2.45) is 0 Å². The molecule has 0 atom stereocenters. The van der Waals surface area contributed by atoms with E-state index in [1.807, 2.05) is 24.3 Å². The molecule has 2 aromatic heterocycles. The molecule has 2 heterocycles. The largest absolute Gasteiger partial charge is 0.343 e. The molecule has 0 fully saturated rings. The van der Waals surface area contributed by atoms with E-state index in [-0.39, 0.29) is 0 Å². The number of hydrogen-bond donors (Lipinski definition) is 1. The summed E-state index contributed by atoms with van der Waals surface area (Å²) in [6.07, 6.45) is 2.64. The zero-order chi connectivity index (χ0) is 13.2. The van der Waals surface area contributed by atoms with E-state index in [1.165, 1.54) is 0 Å². The molecule has 4 heteroatoms. The summed E-state index contributed by atoms with van der Waals surface area (Å²) in [5.74, 6) is 0.906. The third-order valence-corrected chi connectivity index (χ3v) is 3.27. The van der Waals surface area contributed by atoms with Crippen molar-refractivity contribution in [1.29, 1.82) is 0 Å². The average Bonchev–Trinajstić information content (AvgIpc) is 2.46. The molecule has 3 aromatic rings. The van der Waals surface area contributed by atoms with Crippen LogP contribution >= 0.6 is 12.2 Å². The minimum Gasteiger partial charge on any atom is -0.343 e. The van der Waals surface area contributed by atoms with Gasteiger partial charge in [0.25, 0.3) is 0 Å². The molecular weight excluding hydrogens is 254 g/mol. The lowest BCUT2D eigenvalue weighted by atomic mass is 10.1. The Bertz CT molecular complexity index is 787. The highest BCUT2D eigenvalue weighted by Crippen LogP contribution is 2.26. The number of hydrogen-bond acceptors (Lipinski definition) is 3. The maximum atomic E-state index is 5.23. The third-order valence-electron chi connectivity index (χ3n) is 3.06. The van der Waals surface area contributed by atoms with E-state index in [0.717, 1.165) is 34.4 Å². The van der Waals surface area contributed by atoms with Crippen LogP contribution in [-0.4, -0.2) is 15.0 Å². The molecule has 0 aliphatic carbocycles. The Balaban J connectivity index is 2.30. The van der Waals surface area contributed by atoms with Gasteiger partial charge in [0.1, 0.15) is 10.5 Å². The van der Waals surface area contributed by atoms with E-state index >= 15 is 0 Å². The number of nitrogens with zero attached hydrogens (tertiary/aromatic N) is 2. The Kier molecular flexibility index (Phi) is 3.09. The molecule has 0 unspecified atom stereocenters. The van der Waals surface area contributed by atoms with Gasteiger partial charge >= 0.3 is 0 Å². The zero-order valence-corrected chi connectivity index (χ0v) is 11.4. The van der Waals surface area contributed by atoms with Crippen molar-refractivity contribution in [3.63, 3.8) is 0 Å². The van der Waals surface area contributed by atoms with Crippen molar-refractivity contribution >= 4 is 23.1 Å². The number of aromatic amines is 1. The second-order valence-corrected chi connectivity index (χ2v) is 4.73. The summed E-state index contributed by atoms with van der Waals surface area (Å²) in [7, 11) is 0. The number of H-pyrrole nitrogens is 1. The molecule has 3 nitrogen and oxygen atoms in total. The van der Waals surface area contributed by atoms with Crippen molar-refractivity contribution in [2.75, 3.05) is 0 Å². The van der Waals surface area contributed by atoms with Crippen molar-refractivity contribution in [3.05, 3.63) is 53.1 Å². The van der Waals surface area contributed by atoms with Crippen molar-refractivity contribution in [2.45, 2.75) is 13.3 Å². The molecule has 0 saturated carbocycles. The number of pyridine rings is 1. The van der Waals surface area contributed by atoms with Crippen molar-refractivity contribution < 1.29 is 0 Å². The molecule has 94 valence electrons. The number of aromatic nitrogens is 3. The van der Waals surface area contributed by atoms with E-state index in [4.69, 9.17) is 12.2 Å². The summed E-state index contributed by atoms with van der Waals surface area (Å²) >= 11 is 5.23. The molecule has 1 aromatic carbocycles. The van der Waals surface area contributed by atoms with Gasteiger partial charge in [-0.25, -0.2) is 4.98 Å². The summed E-state index contributed by atoms with van der Waals surface area (Å²) in [5, 5.41) is 1.11. The van der Waals surface area contributed by atoms with Crippen molar-refractivity contribution in [3.8, 4) is 11.3 Å². The predicted molar refractivity (Wildman–Crippen MR) is 79.5 cm³/mol. The van der Waals surface area contributed by atoms with E-state index in [1.54, 1.807) is 6.20 Å². The van der Waals surface area contributed by atoms with Gasteiger partial charge in [-0.05, 0) is 18.2 Å². The van der Waals surface area contributed by atoms with Gasteiger partial charge in [0.15, 0.2) is 0 Å². The van der Waals surface area contributed by atoms with Crippen LogP contribution in [0.1, 0.15) is 12.7 Å².